The van der Waals surface area contributed by atoms with Gasteiger partial charge in [-0.15, -0.1) is 0 Å². The third-order valence-electron chi connectivity index (χ3n) is 4.62. The van der Waals surface area contributed by atoms with Crippen molar-refractivity contribution in [2.45, 2.75) is 37.9 Å². The van der Waals surface area contributed by atoms with Gasteiger partial charge in [0, 0.05) is 35.7 Å². The molecule has 3 atom stereocenters. The number of hydrogen-bond acceptors (Lipinski definition) is 3. The molecule has 2 aromatic rings. The van der Waals surface area contributed by atoms with Crippen molar-refractivity contribution in [1.82, 2.24) is 9.88 Å². The molecule has 0 amide bonds. The van der Waals surface area contributed by atoms with Gasteiger partial charge in [-0.3, -0.25) is 0 Å². The first-order valence-electron chi connectivity index (χ1n) is 8.13. The third-order valence-corrected chi connectivity index (χ3v) is 4.62. The average molecular weight is 302 g/mol. The minimum atomic E-state index is 0.0516. The van der Waals surface area contributed by atoms with E-state index in [2.05, 4.69) is 55.2 Å². The minimum absolute atomic E-state index is 0.0516. The number of benzene rings is 1. The molecular weight excluding hydrogens is 276 g/mol. The Balaban J connectivity index is 2.03. The molecule has 4 heteroatoms. The van der Waals surface area contributed by atoms with Crippen molar-refractivity contribution in [2.24, 2.45) is 0 Å². The number of para-hydroxylation sites is 1. The minimum Gasteiger partial charge on any atom is -0.396 e. The van der Waals surface area contributed by atoms with Crippen molar-refractivity contribution in [1.29, 1.82) is 0 Å². The van der Waals surface area contributed by atoms with Crippen LogP contribution in [0.4, 0.5) is 0 Å². The maximum atomic E-state index is 9.17. The number of aromatic nitrogens is 1. The van der Waals surface area contributed by atoms with Crippen molar-refractivity contribution in [3.05, 3.63) is 35.5 Å². The number of ether oxygens (including phenoxy) is 1. The number of likely N-dealkylation sites (N-methyl/N-ethyl adjacent to an activating group) is 1. The summed E-state index contributed by atoms with van der Waals surface area (Å²) in [5, 5.41) is 10.5. The van der Waals surface area contributed by atoms with Gasteiger partial charge in [0.1, 0.15) is 0 Å². The van der Waals surface area contributed by atoms with Crippen LogP contribution in [0, 0.1) is 0 Å². The van der Waals surface area contributed by atoms with Gasteiger partial charge in [-0.1, -0.05) is 25.1 Å². The largest absolute Gasteiger partial charge is 0.396 e. The Morgan fingerprint density at radius 3 is 2.77 bits per heavy atom. The smallest absolute Gasteiger partial charge is 0.0981 e. The molecule has 0 aliphatic carbocycles. The predicted octanol–water partition coefficient (Wildman–Crippen LogP) is 3.05. The second-order valence-corrected chi connectivity index (χ2v) is 6.58. The van der Waals surface area contributed by atoms with E-state index in [-0.39, 0.29) is 18.8 Å². The third kappa shape index (κ3) is 2.78. The molecule has 3 unspecified atom stereocenters. The van der Waals surface area contributed by atoms with Gasteiger partial charge in [0.25, 0.3) is 0 Å². The normalized spacial score (nSPS) is 24.9. The summed E-state index contributed by atoms with van der Waals surface area (Å²) in [4.78, 5) is 5.74. The highest BCUT2D eigenvalue weighted by molar-refractivity contribution is 5.85. The number of aliphatic hydroxyl groups excluding tert-OH is 1. The molecule has 0 saturated carbocycles. The molecule has 120 valence electrons. The van der Waals surface area contributed by atoms with Gasteiger partial charge in [0.2, 0.25) is 0 Å². The molecule has 2 N–H and O–H groups in total. The van der Waals surface area contributed by atoms with Crippen LogP contribution in [0.5, 0.6) is 0 Å². The lowest BCUT2D eigenvalue weighted by Crippen LogP contribution is -2.37. The second-order valence-electron chi connectivity index (χ2n) is 6.58. The molecule has 0 spiro atoms. The zero-order valence-corrected chi connectivity index (χ0v) is 13.7. The van der Waals surface area contributed by atoms with Gasteiger partial charge in [-0.2, -0.15) is 0 Å². The Hall–Kier alpha value is -1.36. The highest BCUT2D eigenvalue weighted by Gasteiger charge is 2.35. The lowest BCUT2D eigenvalue weighted by Gasteiger charge is -2.36. The molecular formula is C18H26N2O2. The van der Waals surface area contributed by atoms with Crippen LogP contribution in [0.1, 0.15) is 43.0 Å². The number of nitrogens with one attached hydrogen (secondary N) is 1. The van der Waals surface area contributed by atoms with Crippen LogP contribution in [0.25, 0.3) is 10.9 Å². The molecule has 1 aliphatic heterocycles. The summed E-state index contributed by atoms with van der Waals surface area (Å²) in [7, 11) is 4.17. The van der Waals surface area contributed by atoms with E-state index in [0.717, 1.165) is 19.4 Å². The first kappa shape index (κ1) is 15.5. The van der Waals surface area contributed by atoms with E-state index in [1.165, 1.54) is 22.2 Å². The first-order chi connectivity index (χ1) is 10.6. The number of fused-ring (bicyclic) bond motifs is 3. The fourth-order valence-corrected chi connectivity index (χ4v) is 3.56. The molecule has 22 heavy (non-hydrogen) atoms. The van der Waals surface area contributed by atoms with Gasteiger partial charge in [-0.25, -0.2) is 0 Å². The van der Waals surface area contributed by atoms with Crippen molar-refractivity contribution < 1.29 is 9.84 Å². The Labute approximate surface area is 132 Å². The Bertz CT molecular complexity index is 635. The van der Waals surface area contributed by atoms with Crippen LogP contribution in [-0.4, -0.2) is 48.3 Å². The summed E-state index contributed by atoms with van der Waals surface area (Å²) in [6, 6.07) is 8.49. The zero-order valence-electron chi connectivity index (χ0n) is 13.7. The van der Waals surface area contributed by atoms with E-state index in [9.17, 15) is 5.11 Å². The molecule has 1 aromatic carbocycles. The highest BCUT2D eigenvalue weighted by Crippen LogP contribution is 2.43. The Kier molecular flexibility index (Phi) is 4.52. The summed E-state index contributed by atoms with van der Waals surface area (Å²) in [6.45, 7) is 3.38. The quantitative estimate of drug-likeness (QED) is 0.892. The van der Waals surface area contributed by atoms with Crippen molar-refractivity contribution in [3.8, 4) is 0 Å². The van der Waals surface area contributed by atoms with Crippen molar-refractivity contribution >= 4 is 10.9 Å². The van der Waals surface area contributed by atoms with Gasteiger partial charge in [0.15, 0.2) is 0 Å². The topological polar surface area (TPSA) is 48.5 Å². The van der Waals surface area contributed by atoms with Gasteiger partial charge < -0.3 is 19.7 Å². The average Bonchev–Trinajstić information content (AvgIpc) is 2.88. The monoisotopic (exact) mass is 302 g/mol. The molecule has 1 aliphatic rings. The number of aromatic amines is 1. The van der Waals surface area contributed by atoms with Crippen LogP contribution < -0.4 is 0 Å². The molecule has 3 rings (SSSR count). The summed E-state index contributed by atoms with van der Waals surface area (Å²) in [5.41, 5.74) is 3.79. The molecule has 2 heterocycles. The van der Waals surface area contributed by atoms with E-state index in [1.54, 1.807) is 0 Å². The lowest BCUT2D eigenvalue weighted by atomic mass is 9.87. The Morgan fingerprint density at radius 2 is 2.05 bits per heavy atom. The van der Waals surface area contributed by atoms with Gasteiger partial charge in [-0.05, 0) is 38.6 Å². The summed E-state index contributed by atoms with van der Waals surface area (Å²) >= 11 is 0. The maximum absolute atomic E-state index is 9.17. The lowest BCUT2D eigenvalue weighted by molar-refractivity contribution is -0.0559. The van der Waals surface area contributed by atoms with Gasteiger partial charge >= 0.3 is 0 Å². The molecule has 1 aromatic heterocycles. The number of aliphatic hydroxyl groups is 1. The van der Waals surface area contributed by atoms with E-state index in [1.807, 2.05) is 0 Å². The van der Waals surface area contributed by atoms with Crippen LogP contribution in [0.3, 0.4) is 0 Å². The fraction of sp³-hybridized carbons (Fsp3) is 0.556. The van der Waals surface area contributed by atoms with E-state index in [0.29, 0.717) is 5.92 Å². The number of nitrogens with zero attached hydrogens (tertiary/aromatic N) is 1. The van der Waals surface area contributed by atoms with Crippen molar-refractivity contribution in [2.75, 3.05) is 27.2 Å². The number of hydrogen-bond donors (Lipinski definition) is 2. The van der Waals surface area contributed by atoms with Crippen molar-refractivity contribution in [3.63, 3.8) is 0 Å². The number of H-pyrrole nitrogens is 1. The Morgan fingerprint density at radius 1 is 1.27 bits per heavy atom. The van der Waals surface area contributed by atoms with Crippen LogP contribution in [0.2, 0.25) is 0 Å². The summed E-state index contributed by atoms with van der Waals surface area (Å²) < 4.78 is 6.38. The molecule has 0 radical (unpaired) electrons. The molecule has 0 fully saturated rings. The zero-order chi connectivity index (χ0) is 15.7. The van der Waals surface area contributed by atoms with Crippen LogP contribution in [0.15, 0.2) is 24.3 Å². The molecule has 0 saturated heterocycles. The molecule has 4 nitrogen and oxygen atoms in total. The van der Waals surface area contributed by atoms with Crippen LogP contribution in [-0.2, 0) is 4.74 Å². The summed E-state index contributed by atoms with van der Waals surface area (Å²) in [6.07, 6.45) is 1.86. The summed E-state index contributed by atoms with van der Waals surface area (Å²) in [5.74, 6) is 0.360. The molecule has 0 bridgehead atoms. The standard InChI is InChI=1S/C18H26N2O2/c1-12-16(11-20(2)3)22-15(9-6-10-21)18-17(12)13-7-4-5-8-14(13)19-18/h4-5,7-8,12,15-16,19,21H,6,9-11H2,1-3H3. The number of rotatable bonds is 5. The van der Waals surface area contributed by atoms with Gasteiger partial charge in [0.05, 0.1) is 12.2 Å². The maximum Gasteiger partial charge on any atom is 0.0981 e. The highest BCUT2D eigenvalue weighted by atomic mass is 16.5. The SMILES string of the molecule is CC1c2c([nH]c3ccccc23)C(CCCO)OC1CN(C)C. The van der Waals surface area contributed by atoms with E-state index < -0.39 is 0 Å². The predicted molar refractivity (Wildman–Crippen MR) is 89.2 cm³/mol. The first-order valence-corrected chi connectivity index (χ1v) is 8.13. The van der Waals surface area contributed by atoms with Crippen LogP contribution >= 0.6 is 0 Å². The van der Waals surface area contributed by atoms with E-state index >= 15 is 0 Å². The van der Waals surface area contributed by atoms with E-state index in [4.69, 9.17) is 4.74 Å². The fourth-order valence-electron chi connectivity index (χ4n) is 3.56. The second kappa shape index (κ2) is 6.41.